The van der Waals surface area contributed by atoms with Gasteiger partial charge in [0, 0.05) is 36.3 Å². The van der Waals surface area contributed by atoms with Gasteiger partial charge >= 0.3 is 0 Å². The normalized spacial score (nSPS) is 15.3. The van der Waals surface area contributed by atoms with E-state index in [1.807, 2.05) is 6.07 Å². The van der Waals surface area contributed by atoms with Crippen LogP contribution in [-0.4, -0.2) is 100 Å². The summed E-state index contributed by atoms with van der Waals surface area (Å²) in [6.45, 7) is 4.71. The first-order valence-corrected chi connectivity index (χ1v) is 18.0. The predicted octanol–water partition coefficient (Wildman–Crippen LogP) is 4.27. The molecule has 1 unspecified atom stereocenters. The van der Waals surface area contributed by atoms with Gasteiger partial charge in [-0.2, -0.15) is 0 Å². The Morgan fingerprint density at radius 1 is 0.855 bits per heavy atom. The Bertz CT molecular complexity index is 2170. The topological polar surface area (TPSA) is 189 Å². The summed E-state index contributed by atoms with van der Waals surface area (Å²) in [7, 11) is 0. The first-order valence-electron chi connectivity index (χ1n) is 17.6. The molecule has 3 aromatic carbocycles. The molecule has 2 N–H and O–H groups in total. The van der Waals surface area contributed by atoms with Gasteiger partial charge < -0.3 is 33.4 Å². The standard InChI is InChI=1S/C39H38ClN3O12/c1-2-53-32-21-34-27(18-23(32)22-44)30(45)20-33(55-34)25-7-6-24(19-28(25)40)41-10-11-50-12-13-51-14-15-52-16-17-54-31-5-3-4-26-36(31)39(49)43(38(26)48)29-8-9-35(46)42-37(29)47/h3-7,18-22,29,41H,2,8-17H2,1H3,(H,42,46,47). The van der Waals surface area contributed by atoms with Gasteiger partial charge in [0.2, 0.25) is 11.8 Å². The van der Waals surface area contributed by atoms with Gasteiger partial charge in [-0.15, -0.1) is 0 Å². The van der Waals surface area contributed by atoms with Gasteiger partial charge in [0.1, 0.15) is 35.5 Å². The molecule has 4 aromatic rings. The lowest BCUT2D eigenvalue weighted by atomic mass is 10.0. The van der Waals surface area contributed by atoms with E-state index in [1.165, 1.54) is 24.3 Å². The number of hydrogen-bond donors (Lipinski definition) is 2. The number of hydrogen-bond acceptors (Lipinski definition) is 13. The van der Waals surface area contributed by atoms with E-state index < -0.39 is 29.7 Å². The summed E-state index contributed by atoms with van der Waals surface area (Å²) in [4.78, 5) is 75.1. The lowest BCUT2D eigenvalue weighted by Crippen LogP contribution is -2.54. The summed E-state index contributed by atoms with van der Waals surface area (Å²) < 4.78 is 34.0. The Morgan fingerprint density at radius 2 is 1.60 bits per heavy atom. The number of rotatable bonds is 19. The molecule has 55 heavy (non-hydrogen) atoms. The van der Waals surface area contributed by atoms with E-state index in [2.05, 4.69) is 10.6 Å². The minimum Gasteiger partial charge on any atom is -0.493 e. The van der Waals surface area contributed by atoms with Crippen LogP contribution in [0.15, 0.2) is 63.8 Å². The third-order valence-electron chi connectivity index (χ3n) is 8.76. The quantitative estimate of drug-likeness (QED) is 0.0782. The van der Waals surface area contributed by atoms with E-state index in [9.17, 15) is 28.8 Å². The van der Waals surface area contributed by atoms with Crippen LogP contribution in [0.1, 0.15) is 50.8 Å². The summed E-state index contributed by atoms with van der Waals surface area (Å²) in [6.07, 6.45) is 0.744. The summed E-state index contributed by atoms with van der Waals surface area (Å²) in [5, 5.41) is 6.05. The van der Waals surface area contributed by atoms with Crippen LogP contribution < -0.4 is 25.5 Å². The maximum atomic E-state index is 13.2. The van der Waals surface area contributed by atoms with Crippen LogP contribution in [0.2, 0.25) is 5.02 Å². The van der Waals surface area contributed by atoms with Gasteiger partial charge in [0.15, 0.2) is 11.7 Å². The van der Waals surface area contributed by atoms with Crippen molar-refractivity contribution in [1.29, 1.82) is 0 Å². The van der Waals surface area contributed by atoms with Crippen molar-refractivity contribution < 1.29 is 52.1 Å². The average molecular weight is 776 g/mol. The van der Waals surface area contributed by atoms with E-state index in [1.54, 1.807) is 31.2 Å². The van der Waals surface area contributed by atoms with E-state index in [0.29, 0.717) is 68.8 Å². The zero-order valence-corrected chi connectivity index (χ0v) is 30.6. The van der Waals surface area contributed by atoms with E-state index in [-0.39, 0.29) is 70.7 Å². The Labute approximate surface area is 319 Å². The number of carbonyl (C=O) groups is 5. The van der Waals surface area contributed by atoms with Crippen molar-refractivity contribution in [1.82, 2.24) is 10.2 Å². The number of nitrogens with zero attached hydrogens (tertiary/aromatic N) is 1. The van der Waals surface area contributed by atoms with Crippen molar-refractivity contribution in [2.45, 2.75) is 25.8 Å². The highest BCUT2D eigenvalue weighted by molar-refractivity contribution is 6.33. The van der Waals surface area contributed by atoms with Crippen molar-refractivity contribution in [3.05, 3.63) is 86.5 Å². The molecule has 0 saturated carbocycles. The van der Waals surface area contributed by atoms with Crippen LogP contribution in [-0.2, 0) is 23.8 Å². The smallest absolute Gasteiger partial charge is 0.266 e. The molecule has 16 heteroatoms. The number of fused-ring (bicyclic) bond motifs is 2. The molecule has 1 fully saturated rings. The largest absolute Gasteiger partial charge is 0.493 e. The third kappa shape index (κ3) is 9.03. The second kappa shape index (κ2) is 18.1. The van der Waals surface area contributed by atoms with Crippen LogP contribution in [0.4, 0.5) is 5.69 Å². The van der Waals surface area contributed by atoms with Crippen molar-refractivity contribution in [3.63, 3.8) is 0 Å². The molecule has 0 radical (unpaired) electrons. The molecular formula is C39H38ClN3O12. The Hall–Kier alpha value is -5.61. The zero-order valence-electron chi connectivity index (χ0n) is 29.9. The van der Waals surface area contributed by atoms with Gasteiger partial charge in [0.05, 0.1) is 73.3 Å². The van der Waals surface area contributed by atoms with Crippen molar-refractivity contribution in [2.75, 3.05) is 64.7 Å². The second-order valence-corrected chi connectivity index (χ2v) is 12.8. The summed E-state index contributed by atoms with van der Waals surface area (Å²) in [6, 6.07) is 13.2. The SMILES string of the molecule is CCOc1cc2oc(-c3ccc(NCCOCCOCCOCCOc4cccc5c4C(=O)N(C4CCC(=O)NC4=O)C5=O)cc3Cl)cc(=O)c2cc1C=O. The van der Waals surface area contributed by atoms with Gasteiger partial charge in [-0.1, -0.05) is 17.7 Å². The van der Waals surface area contributed by atoms with E-state index in [0.717, 1.165) is 10.6 Å². The number of amides is 4. The van der Waals surface area contributed by atoms with E-state index in [4.69, 9.17) is 39.7 Å². The molecule has 0 bridgehead atoms. The fourth-order valence-corrected chi connectivity index (χ4v) is 6.43. The third-order valence-corrected chi connectivity index (χ3v) is 9.07. The average Bonchev–Trinajstić information content (AvgIpc) is 3.42. The molecule has 15 nitrogen and oxygen atoms in total. The van der Waals surface area contributed by atoms with Crippen LogP contribution in [0, 0.1) is 0 Å². The fraction of sp³-hybridized carbons (Fsp3) is 0.333. The number of carbonyl (C=O) groups excluding carboxylic acids is 5. The highest BCUT2D eigenvalue weighted by atomic mass is 35.5. The lowest BCUT2D eigenvalue weighted by molar-refractivity contribution is -0.136. The summed E-state index contributed by atoms with van der Waals surface area (Å²) >= 11 is 6.56. The number of piperidine rings is 1. The highest BCUT2D eigenvalue weighted by Gasteiger charge is 2.46. The number of benzene rings is 3. The van der Waals surface area contributed by atoms with Crippen molar-refractivity contribution >= 4 is 58.2 Å². The molecule has 6 rings (SSSR count). The zero-order chi connectivity index (χ0) is 38.9. The maximum Gasteiger partial charge on any atom is 0.266 e. The van der Waals surface area contributed by atoms with E-state index >= 15 is 0 Å². The Kier molecular flexibility index (Phi) is 12.9. The molecule has 0 aliphatic carbocycles. The Balaban J connectivity index is 0.854. The Morgan fingerprint density at radius 3 is 2.31 bits per heavy atom. The fourth-order valence-electron chi connectivity index (χ4n) is 6.15. The molecule has 3 heterocycles. The van der Waals surface area contributed by atoms with Crippen molar-refractivity contribution in [2.24, 2.45) is 0 Å². The number of imide groups is 2. The molecule has 2 aliphatic rings. The van der Waals surface area contributed by atoms with Gasteiger partial charge in [-0.05, 0) is 49.7 Å². The van der Waals surface area contributed by atoms with Crippen LogP contribution in [0.3, 0.4) is 0 Å². The molecule has 0 spiro atoms. The number of aldehydes is 1. The predicted molar refractivity (Wildman–Crippen MR) is 199 cm³/mol. The first kappa shape index (κ1) is 39.1. The molecule has 1 saturated heterocycles. The lowest BCUT2D eigenvalue weighted by Gasteiger charge is -2.27. The monoisotopic (exact) mass is 775 g/mol. The van der Waals surface area contributed by atoms with Crippen LogP contribution in [0.25, 0.3) is 22.3 Å². The van der Waals surface area contributed by atoms with Crippen LogP contribution in [0.5, 0.6) is 11.5 Å². The molecule has 2 aliphatic heterocycles. The minimum atomic E-state index is -1.05. The number of anilines is 1. The molecule has 1 atom stereocenters. The van der Waals surface area contributed by atoms with Gasteiger partial charge in [0.25, 0.3) is 11.8 Å². The van der Waals surface area contributed by atoms with Gasteiger partial charge in [-0.3, -0.25) is 39.0 Å². The number of nitrogens with one attached hydrogen (secondary N) is 2. The highest BCUT2D eigenvalue weighted by Crippen LogP contribution is 2.35. The summed E-state index contributed by atoms with van der Waals surface area (Å²) in [5.74, 6) is -1.53. The van der Waals surface area contributed by atoms with Gasteiger partial charge in [-0.25, -0.2) is 0 Å². The van der Waals surface area contributed by atoms with Crippen LogP contribution >= 0.6 is 11.6 Å². The molecule has 1 aromatic heterocycles. The number of ether oxygens (including phenoxy) is 5. The minimum absolute atomic E-state index is 0.0378. The molecule has 4 amide bonds. The molecular weight excluding hydrogens is 738 g/mol. The van der Waals surface area contributed by atoms with Crippen molar-refractivity contribution in [3.8, 4) is 22.8 Å². The number of halogens is 1. The second-order valence-electron chi connectivity index (χ2n) is 12.3. The summed E-state index contributed by atoms with van der Waals surface area (Å²) in [5.41, 5.74) is 1.74. The molecule has 288 valence electrons. The maximum absolute atomic E-state index is 13.2. The first-order chi connectivity index (χ1) is 26.7.